The van der Waals surface area contributed by atoms with Gasteiger partial charge < -0.3 is 25.4 Å². The molecule has 3 N–H and O–H groups in total. The molecule has 0 aromatic heterocycles. The number of amides is 3. The first-order valence-corrected chi connectivity index (χ1v) is 13.2. The average molecular weight is 544 g/mol. The van der Waals surface area contributed by atoms with Crippen LogP contribution < -0.4 is 10.6 Å². The lowest BCUT2D eigenvalue weighted by Crippen LogP contribution is -2.55. The minimum absolute atomic E-state index is 0.115. The van der Waals surface area contributed by atoms with Gasteiger partial charge in [-0.2, -0.15) is 0 Å². The Morgan fingerprint density at radius 2 is 1.74 bits per heavy atom. The van der Waals surface area contributed by atoms with E-state index in [-0.39, 0.29) is 29.2 Å². The van der Waals surface area contributed by atoms with Crippen molar-refractivity contribution in [3.8, 4) is 5.75 Å². The molecule has 9 heteroatoms. The molecule has 1 aliphatic rings. The number of hydrogen-bond acceptors (Lipinski definition) is 5. The van der Waals surface area contributed by atoms with Crippen molar-refractivity contribution in [3.05, 3.63) is 58.6 Å². The van der Waals surface area contributed by atoms with E-state index in [2.05, 4.69) is 10.6 Å². The number of ether oxygens (including phenoxy) is 1. The molecule has 8 nitrogen and oxygen atoms in total. The van der Waals surface area contributed by atoms with Crippen molar-refractivity contribution in [1.29, 1.82) is 0 Å². The molecule has 38 heavy (non-hydrogen) atoms. The Labute approximate surface area is 229 Å². The van der Waals surface area contributed by atoms with E-state index in [1.807, 2.05) is 33.8 Å². The third-order valence-electron chi connectivity index (χ3n) is 6.51. The van der Waals surface area contributed by atoms with Crippen molar-refractivity contribution in [3.63, 3.8) is 0 Å². The van der Waals surface area contributed by atoms with Gasteiger partial charge in [-0.15, -0.1) is 0 Å². The molecule has 1 aliphatic carbocycles. The number of aryl methyl sites for hydroxylation is 1. The summed E-state index contributed by atoms with van der Waals surface area (Å²) in [5.74, 6) is -1.23. The zero-order chi connectivity index (χ0) is 28.4. The highest BCUT2D eigenvalue weighted by molar-refractivity contribution is 6.34. The minimum atomic E-state index is -1.17. The number of carbonyl (C=O) groups excluding carboxylic acids is 3. The Kier molecular flexibility index (Phi) is 8.97. The molecule has 3 rings (SSSR count). The fourth-order valence-corrected chi connectivity index (χ4v) is 4.67. The highest BCUT2D eigenvalue weighted by Gasteiger charge is 2.49. The second-order valence-corrected chi connectivity index (χ2v) is 11.7. The largest absolute Gasteiger partial charge is 0.508 e. The van der Waals surface area contributed by atoms with Crippen LogP contribution >= 0.6 is 11.6 Å². The van der Waals surface area contributed by atoms with Crippen LogP contribution in [0.15, 0.2) is 42.5 Å². The Morgan fingerprint density at radius 1 is 1.11 bits per heavy atom. The van der Waals surface area contributed by atoms with Crippen LogP contribution in [0.3, 0.4) is 0 Å². The maximum atomic E-state index is 14.2. The summed E-state index contributed by atoms with van der Waals surface area (Å²) >= 11 is 6.39. The van der Waals surface area contributed by atoms with Gasteiger partial charge in [0.15, 0.2) is 0 Å². The fraction of sp³-hybridized carbons (Fsp3) is 0.483. The maximum absolute atomic E-state index is 14.2. The van der Waals surface area contributed by atoms with Crippen molar-refractivity contribution in [2.45, 2.75) is 78.6 Å². The number of rotatable bonds is 8. The second kappa shape index (κ2) is 11.6. The summed E-state index contributed by atoms with van der Waals surface area (Å²) in [4.78, 5) is 42.3. The Morgan fingerprint density at radius 3 is 2.26 bits per heavy atom. The van der Waals surface area contributed by atoms with Gasteiger partial charge in [-0.05, 0) is 63.6 Å². The number of carbonyl (C=O) groups is 3. The van der Waals surface area contributed by atoms with E-state index in [4.69, 9.17) is 16.3 Å². The number of nitrogens with zero attached hydrogens (tertiary/aromatic N) is 1. The minimum Gasteiger partial charge on any atom is -0.508 e. The number of hydrogen-bond donors (Lipinski definition) is 3. The topological polar surface area (TPSA) is 108 Å². The zero-order valence-corrected chi connectivity index (χ0v) is 23.8. The van der Waals surface area contributed by atoms with Gasteiger partial charge in [0.1, 0.15) is 23.4 Å². The van der Waals surface area contributed by atoms with Gasteiger partial charge in [0.05, 0.1) is 10.7 Å². The number of nitrogens with one attached hydrogen (secondary N) is 2. The van der Waals surface area contributed by atoms with Crippen molar-refractivity contribution >= 4 is 35.2 Å². The molecule has 0 spiro atoms. The summed E-state index contributed by atoms with van der Waals surface area (Å²) in [5.41, 5.74) is 0.723. The van der Waals surface area contributed by atoms with E-state index in [9.17, 15) is 19.5 Å². The van der Waals surface area contributed by atoms with Crippen LogP contribution in [0.2, 0.25) is 5.02 Å². The molecule has 0 radical (unpaired) electrons. The zero-order valence-electron chi connectivity index (χ0n) is 23.0. The maximum Gasteiger partial charge on any atom is 0.408 e. The molecule has 0 saturated heterocycles. The molecule has 0 heterocycles. The predicted octanol–water partition coefficient (Wildman–Crippen LogP) is 5.82. The molecule has 1 saturated carbocycles. The van der Waals surface area contributed by atoms with Crippen molar-refractivity contribution in [1.82, 2.24) is 10.2 Å². The summed E-state index contributed by atoms with van der Waals surface area (Å²) < 4.78 is 5.41. The summed E-state index contributed by atoms with van der Waals surface area (Å²) in [6.45, 7) is 12.7. The first-order valence-electron chi connectivity index (χ1n) is 12.9. The number of halogens is 1. The summed E-state index contributed by atoms with van der Waals surface area (Å²) in [7, 11) is 0. The molecular formula is C29H38ClN3O5. The highest BCUT2D eigenvalue weighted by atomic mass is 35.5. The Bertz CT molecular complexity index is 1170. The van der Waals surface area contributed by atoms with Gasteiger partial charge in [0.2, 0.25) is 5.91 Å². The van der Waals surface area contributed by atoms with Crippen LogP contribution in [-0.2, 0) is 14.3 Å². The molecule has 0 bridgehead atoms. The van der Waals surface area contributed by atoms with Crippen LogP contribution in [0.4, 0.5) is 10.5 Å². The van der Waals surface area contributed by atoms with Crippen LogP contribution in [0.1, 0.15) is 65.1 Å². The van der Waals surface area contributed by atoms with Crippen LogP contribution in [0.5, 0.6) is 5.75 Å². The normalized spacial score (nSPS) is 18.3. The molecular weight excluding hydrogens is 506 g/mol. The van der Waals surface area contributed by atoms with Gasteiger partial charge in [-0.1, -0.05) is 62.7 Å². The highest BCUT2D eigenvalue weighted by Crippen LogP contribution is 2.43. The summed E-state index contributed by atoms with van der Waals surface area (Å²) in [6.07, 6.45) is -0.0329. The van der Waals surface area contributed by atoms with E-state index in [1.54, 1.807) is 51.1 Å². The number of alkyl carbamates (subject to hydrolysis) is 1. The lowest BCUT2D eigenvalue weighted by molar-refractivity contribution is -0.142. The third-order valence-corrected chi connectivity index (χ3v) is 6.83. The monoisotopic (exact) mass is 543 g/mol. The number of aromatic hydroxyl groups is 1. The SMILES string of the molecule is Cc1cccc(Cl)c1NC(=O)C(c1ccccc1O)N(C(=O)C(NC(=O)OC(C)(C)C)C(C)C)C1CC1C. The fourth-order valence-electron chi connectivity index (χ4n) is 4.40. The lowest BCUT2D eigenvalue weighted by Gasteiger charge is -2.36. The van der Waals surface area contributed by atoms with Gasteiger partial charge in [-0.25, -0.2) is 4.79 Å². The van der Waals surface area contributed by atoms with Gasteiger partial charge in [0, 0.05) is 11.6 Å². The van der Waals surface area contributed by atoms with Crippen LogP contribution in [0, 0.1) is 18.8 Å². The molecule has 2 aromatic carbocycles. The molecule has 206 valence electrons. The number of anilines is 1. The lowest BCUT2D eigenvalue weighted by atomic mass is 9.97. The molecule has 0 aliphatic heterocycles. The molecule has 4 unspecified atom stereocenters. The predicted molar refractivity (Wildman–Crippen MR) is 148 cm³/mol. The van der Waals surface area contributed by atoms with Gasteiger partial charge in [0.25, 0.3) is 5.91 Å². The second-order valence-electron chi connectivity index (χ2n) is 11.3. The van der Waals surface area contributed by atoms with Gasteiger partial charge in [-0.3, -0.25) is 9.59 Å². The van der Waals surface area contributed by atoms with E-state index >= 15 is 0 Å². The van der Waals surface area contributed by atoms with Crippen molar-refractivity contribution in [2.75, 3.05) is 5.32 Å². The third kappa shape index (κ3) is 6.98. The molecule has 2 aromatic rings. The number of para-hydroxylation sites is 2. The number of benzene rings is 2. The Hall–Kier alpha value is -3.26. The number of phenolic OH excluding ortho intramolecular Hbond substituents is 1. The molecule has 4 atom stereocenters. The van der Waals surface area contributed by atoms with Crippen molar-refractivity contribution in [2.24, 2.45) is 11.8 Å². The first kappa shape index (κ1) is 29.3. The van der Waals surface area contributed by atoms with E-state index in [0.29, 0.717) is 17.1 Å². The van der Waals surface area contributed by atoms with E-state index < -0.39 is 35.6 Å². The molecule has 1 fully saturated rings. The summed E-state index contributed by atoms with van der Waals surface area (Å²) in [5, 5.41) is 16.8. The van der Waals surface area contributed by atoms with Crippen molar-refractivity contribution < 1.29 is 24.2 Å². The smallest absolute Gasteiger partial charge is 0.408 e. The quantitative estimate of drug-likeness (QED) is 0.389. The van der Waals surface area contributed by atoms with Crippen LogP contribution in [0.25, 0.3) is 0 Å². The Balaban J connectivity index is 2.06. The van der Waals surface area contributed by atoms with Crippen LogP contribution in [-0.4, -0.2) is 45.6 Å². The summed E-state index contributed by atoms with van der Waals surface area (Å²) in [6, 6.07) is 9.35. The first-order chi connectivity index (χ1) is 17.7. The average Bonchev–Trinajstić information content (AvgIpc) is 3.52. The number of phenols is 1. The van der Waals surface area contributed by atoms with Gasteiger partial charge >= 0.3 is 6.09 Å². The van der Waals surface area contributed by atoms with E-state index in [1.165, 1.54) is 11.0 Å². The standard InChI is InChI=1S/C29H38ClN3O5/c1-16(2)23(32-28(37)38-29(5,6)7)27(36)33(21-15-18(21)4)25(19-12-8-9-14-22(19)34)26(35)31-24-17(3)11-10-13-20(24)30/h8-14,16,18,21,23,25,34H,15H2,1-7H3,(H,31,35)(H,32,37). The van der Waals surface area contributed by atoms with E-state index in [0.717, 1.165) is 5.56 Å². The molecule has 3 amide bonds.